The molecule has 0 saturated carbocycles. The maximum atomic E-state index is 12.7. The number of thioether (sulfide) groups is 1. The molecular formula is C16H12N6OS3. The van der Waals surface area contributed by atoms with Crippen LogP contribution in [0.25, 0.3) is 20.9 Å². The van der Waals surface area contributed by atoms with Crippen molar-refractivity contribution in [1.82, 2.24) is 25.1 Å². The van der Waals surface area contributed by atoms with Crippen molar-refractivity contribution in [2.75, 3.05) is 11.1 Å². The van der Waals surface area contributed by atoms with Crippen LogP contribution in [0.4, 0.5) is 5.13 Å². The summed E-state index contributed by atoms with van der Waals surface area (Å²) >= 11 is 4.39. The summed E-state index contributed by atoms with van der Waals surface area (Å²) in [5.74, 6) is 0.519. The molecule has 0 unspecified atom stereocenters. The van der Waals surface area contributed by atoms with Gasteiger partial charge in [-0.05, 0) is 17.9 Å². The second kappa shape index (κ2) is 7.44. The molecule has 3 aromatic heterocycles. The van der Waals surface area contributed by atoms with Gasteiger partial charge in [0.25, 0.3) is 5.91 Å². The summed E-state index contributed by atoms with van der Waals surface area (Å²) in [6, 6.07) is 7.80. The van der Waals surface area contributed by atoms with Crippen LogP contribution < -0.4 is 5.32 Å². The van der Waals surface area contributed by atoms with E-state index in [1.165, 1.54) is 28.9 Å². The Kier molecular flexibility index (Phi) is 4.87. The summed E-state index contributed by atoms with van der Waals surface area (Å²) in [5, 5.41) is 11.9. The van der Waals surface area contributed by atoms with Crippen LogP contribution in [0.2, 0.25) is 0 Å². The first-order valence-corrected chi connectivity index (χ1v) is 10.3. The van der Waals surface area contributed by atoms with Crippen LogP contribution in [-0.2, 0) is 0 Å². The quantitative estimate of drug-likeness (QED) is 0.400. The summed E-state index contributed by atoms with van der Waals surface area (Å²) in [6.45, 7) is 2.04. The highest BCUT2D eigenvalue weighted by atomic mass is 32.2. The lowest BCUT2D eigenvalue weighted by molar-refractivity contribution is 0.102. The number of thiazole rings is 1. The van der Waals surface area contributed by atoms with Gasteiger partial charge in [0.2, 0.25) is 5.13 Å². The normalized spacial score (nSPS) is 11.0. The van der Waals surface area contributed by atoms with Gasteiger partial charge in [-0.1, -0.05) is 42.2 Å². The van der Waals surface area contributed by atoms with Crippen molar-refractivity contribution < 1.29 is 4.79 Å². The molecule has 0 aliphatic carbocycles. The lowest BCUT2D eigenvalue weighted by Crippen LogP contribution is -2.15. The predicted octanol–water partition coefficient (Wildman–Crippen LogP) is 3.97. The molecule has 26 heavy (non-hydrogen) atoms. The van der Waals surface area contributed by atoms with Gasteiger partial charge in [0.05, 0.1) is 10.2 Å². The third-order valence-corrected chi connectivity index (χ3v) is 6.20. The average Bonchev–Trinajstić information content (AvgIpc) is 3.28. The summed E-state index contributed by atoms with van der Waals surface area (Å²) in [6.07, 6.45) is 3.04. The fourth-order valence-electron chi connectivity index (χ4n) is 2.23. The largest absolute Gasteiger partial charge is 0.295 e. The minimum atomic E-state index is -0.378. The summed E-state index contributed by atoms with van der Waals surface area (Å²) in [7, 11) is 0. The monoisotopic (exact) mass is 400 g/mol. The number of para-hydroxylation sites is 1. The highest BCUT2D eigenvalue weighted by Crippen LogP contribution is 2.31. The molecule has 3 heterocycles. The Morgan fingerprint density at radius 3 is 2.85 bits per heavy atom. The number of anilines is 1. The first kappa shape index (κ1) is 17.0. The lowest BCUT2D eigenvalue weighted by Gasteiger charge is -2.04. The average molecular weight is 401 g/mol. The van der Waals surface area contributed by atoms with Crippen LogP contribution in [0.15, 0.2) is 41.0 Å². The lowest BCUT2D eigenvalue weighted by atomic mass is 10.3. The van der Waals surface area contributed by atoms with Crippen LogP contribution in [-0.4, -0.2) is 36.8 Å². The van der Waals surface area contributed by atoms with Crippen molar-refractivity contribution in [2.45, 2.75) is 11.3 Å². The Labute approximate surface area is 161 Å². The highest BCUT2D eigenvalue weighted by molar-refractivity contribution is 8.01. The van der Waals surface area contributed by atoms with Gasteiger partial charge < -0.3 is 0 Å². The van der Waals surface area contributed by atoms with E-state index < -0.39 is 0 Å². The van der Waals surface area contributed by atoms with Gasteiger partial charge >= 0.3 is 0 Å². The fraction of sp³-hybridized carbons (Fsp3) is 0.125. The molecule has 1 aromatic carbocycles. The molecule has 0 aliphatic rings. The van der Waals surface area contributed by atoms with E-state index in [4.69, 9.17) is 0 Å². The van der Waals surface area contributed by atoms with Crippen molar-refractivity contribution in [3.05, 3.63) is 42.4 Å². The number of aromatic nitrogens is 5. The van der Waals surface area contributed by atoms with E-state index in [2.05, 4.69) is 30.5 Å². The van der Waals surface area contributed by atoms with Gasteiger partial charge in [-0.25, -0.2) is 15.0 Å². The number of hydrogen-bond donors (Lipinski definition) is 1. The Balaban J connectivity index is 1.65. The van der Waals surface area contributed by atoms with E-state index in [0.717, 1.165) is 20.3 Å². The molecule has 1 N–H and O–H groups in total. The van der Waals surface area contributed by atoms with Crippen LogP contribution >= 0.6 is 34.4 Å². The highest BCUT2D eigenvalue weighted by Gasteiger charge is 2.20. The van der Waals surface area contributed by atoms with Gasteiger partial charge in [0, 0.05) is 12.4 Å². The van der Waals surface area contributed by atoms with Gasteiger partial charge in [-0.3, -0.25) is 10.1 Å². The van der Waals surface area contributed by atoms with Crippen LogP contribution in [0.5, 0.6) is 0 Å². The molecule has 0 atom stereocenters. The van der Waals surface area contributed by atoms with Gasteiger partial charge in [0.15, 0.2) is 10.0 Å². The van der Waals surface area contributed by atoms with E-state index in [0.29, 0.717) is 15.8 Å². The van der Waals surface area contributed by atoms with E-state index in [9.17, 15) is 4.79 Å². The van der Waals surface area contributed by atoms with E-state index in [-0.39, 0.29) is 11.6 Å². The molecule has 1 amide bonds. The molecule has 0 radical (unpaired) electrons. The van der Waals surface area contributed by atoms with E-state index in [1.54, 1.807) is 18.0 Å². The molecule has 10 heteroatoms. The first-order chi connectivity index (χ1) is 12.7. The molecule has 0 saturated heterocycles. The van der Waals surface area contributed by atoms with Crippen molar-refractivity contribution in [1.29, 1.82) is 0 Å². The van der Waals surface area contributed by atoms with Crippen LogP contribution in [0.3, 0.4) is 0 Å². The Bertz CT molecular complexity index is 1040. The number of amides is 1. The Morgan fingerprint density at radius 1 is 1.15 bits per heavy atom. The number of rotatable bonds is 5. The first-order valence-electron chi connectivity index (χ1n) is 7.69. The number of fused-ring (bicyclic) bond motifs is 1. The molecular weight excluding hydrogens is 388 g/mol. The van der Waals surface area contributed by atoms with Crippen molar-refractivity contribution in [3.63, 3.8) is 0 Å². The van der Waals surface area contributed by atoms with Crippen molar-refractivity contribution >= 4 is 55.7 Å². The fourth-order valence-corrected chi connectivity index (χ4v) is 4.84. The molecule has 130 valence electrons. The molecule has 0 spiro atoms. The molecule has 4 rings (SSSR count). The van der Waals surface area contributed by atoms with Crippen LogP contribution in [0, 0.1) is 0 Å². The Hall–Kier alpha value is -2.43. The third-order valence-electron chi connectivity index (χ3n) is 3.30. The zero-order valence-corrected chi connectivity index (χ0v) is 16.0. The maximum Gasteiger partial charge on any atom is 0.278 e. The number of carbonyl (C=O) groups is 1. The standard InChI is InChI=1S/C16H12N6OS3/c1-2-24-16-22-21-15(26-16)20-13(23)11-12(18-8-7-17-11)14-19-9-5-3-4-6-10(9)25-14/h3-8H,2H2,1H3,(H,20,21,23). The van der Waals surface area contributed by atoms with Gasteiger partial charge in [-0.2, -0.15) is 0 Å². The van der Waals surface area contributed by atoms with Crippen molar-refractivity contribution in [3.8, 4) is 10.7 Å². The minimum Gasteiger partial charge on any atom is -0.295 e. The SMILES string of the molecule is CCSc1nnc(NC(=O)c2nccnc2-c2nc3ccccc3s2)s1. The summed E-state index contributed by atoms with van der Waals surface area (Å²) < 4.78 is 1.85. The number of benzene rings is 1. The maximum absolute atomic E-state index is 12.7. The predicted molar refractivity (Wildman–Crippen MR) is 105 cm³/mol. The second-order valence-corrected chi connectivity index (χ2v) is 8.52. The zero-order valence-electron chi connectivity index (χ0n) is 13.5. The summed E-state index contributed by atoms with van der Waals surface area (Å²) in [5.41, 5.74) is 1.54. The topological polar surface area (TPSA) is 93.6 Å². The van der Waals surface area contributed by atoms with Crippen molar-refractivity contribution in [2.24, 2.45) is 0 Å². The number of carbonyl (C=O) groups excluding carboxylic acids is 1. The number of nitrogens with one attached hydrogen (secondary N) is 1. The third kappa shape index (κ3) is 3.43. The molecule has 4 aromatic rings. The number of nitrogens with zero attached hydrogens (tertiary/aromatic N) is 5. The Morgan fingerprint density at radius 2 is 2.00 bits per heavy atom. The minimum absolute atomic E-state index is 0.214. The second-order valence-electron chi connectivity index (χ2n) is 5.00. The van der Waals surface area contributed by atoms with Gasteiger partial charge in [0.1, 0.15) is 10.7 Å². The van der Waals surface area contributed by atoms with E-state index >= 15 is 0 Å². The van der Waals surface area contributed by atoms with Gasteiger partial charge in [-0.15, -0.1) is 21.5 Å². The van der Waals surface area contributed by atoms with E-state index in [1.807, 2.05) is 31.2 Å². The van der Waals surface area contributed by atoms with Crippen LogP contribution in [0.1, 0.15) is 17.4 Å². The smallest absolute Gasteiger partial charge is 0.278 e. The molecule has 0 aliphatic heterocycles. The zero-order chi connectivity index (χ0) is 17.9. The molecule has 0 fully saturated rings. The molecule has 0 bridgehead atoms. The number of hydrogen-bond acceptors (Lipinski definition) is 9. The summed E-state index contributed by atoms with van der Waals surface area (Å²) in [4.78, 5) is 25.8. The molecule has 7 nitrogen and oxygen atoms in total.